The third-order valence-corrected chi connectivity index (χ3v) is 3.13. The van der Waals surface area contributed by atoms with Crippen molar-refractivity contribution in [2.75, 3.05) is 7.11 Å². The molecule has 4 heteroatoms. The van der Waals surface area contributed by atoms with Gasteiger partial charge in [0.25, 0.3) is 0 Å². The number of methoxy groups -OCH3 is 1. The Labute approximate surface area is 106 Å². The first kappa shape index (κ1) is 14.4. The summed E-state index contributed by atoms with van der Waals surface area (Å²) in [4.78, 5) is 0. The maximum absolute atomic E-state index is 13.5. The van der Waals surface area contributed by atoms with Crippen LogP contribution in [0.1, 0.15) is 38.4 Å². The standard InChI is InChI=1S/C13H18ClFO2/c1-13(2,17-3)7-6-12(16)10-5-4-9(14)8-11(10)15/h4-5,8,12,16H,6-7H2,1-3H3. The number of halogens is 2. The van der Waals surface area contributed by atoms with Crippen molar-refractivity contribution in [3.63, 3.8) is 0 Å². The fourth-order valence-corrected chi connectivity index (χ4v) is 1.67. The third-order valence-electron chi connectivity index (χ3n) is 2.89. The quantitative estimate of drug-likeness (QED) is 0.874. The third kappa shape index (κ3) is 4.26. The Balaban J connectivity index is 2.67. The zero-order chi connectivity index (χ0) is 13.1. The van der Waals surface area contributed by atoms with Crippen LogP contribution in [0.4, 0.5) is 4.39 Å². The number of rotatable bonds is 5. The Morgan fingerprint density at radius 2 is 2.12 bits per heavy atom. The highest BCUT2D eigenvalue weighted by Crippen LogP contribution is 2.27. The molecule has 0 aromatic heterocycles. The minimum Gasteiger partial charge on any atom is -0.388 e. The van der Waals surface area contributed by atoms with Crippen LogP contribution in [0.5, 0.6) is 0 Å². The van der Waals surface area contributed by atoms with Gasteiger partial charge in [-0.3, -0.25) is 0 Å². The Bertz CT molecular complexity index is 380. The van der Waals surface area contributed by atoms with Crippen LogP contribution < -0.4 is 0 Å². The monoisotopic (exact) mass is 260 g/mol. The molecule has 0 heterocycles. The molecule has 0 fully saturated rings. The summed E-state index contributed by atoms with van der Waals surface area (Å²) in [5, 5.41) is 10.2. The van der Waals surface area contributed by atoms with Crippen molar-refractivity contribution in [1.82, 2.24) is 0 Å². The second-order valence-corrected chi connectivity index (χ2v) is 5.12. The van der Waals surface area contributed by atoms with Crippen LogP contribution in [0.15, 0.2) is 18.2 Å². The van der Waals surface area contributed by atoms with Gasteiger partial charge in [0.05, 0.1) is 11.7 Å². The number of hydrogen-bond donors (Lipinski definition) is 1. The van der Waals surface area contributed by atoms with Crippen molar-refractivity contribution in [2.24, 2.45) is 0 Å². The summed E-state index contributed by atoms with van der Waals surface area (Å²) in [5.41, 5.74) is -0.0366. The molecule has 0 aliphatic heterocycles. The lowest BCUT2D eigenvalue weighted by atomic mass is 9.96. The molecule has 1 unspecified atom stereocenters. The lowest BCUT2D eigenvalue weighted by Gasteiger charge is -2.24. The van der Waals surface area contributed by atoms with Gasteiger partial charge in [0, 0.05) is 17.7 Å². The summed E-state index contributed by atoms with van der Waals surface area (Å²) in [6.07, 6.45) is 0.258. The Hall–Kier alpha value is -0.640. The van der Waals surface area contributed by atoms with Gasteiger partial charge in [0.1, 0.15) is 5.82 Å². The van der Waals surface area contributed by atoms with Crippen LogP contribution in [-0.2, 0) is 4.74 Å². The minimum atomic E-state index is -0.832. The molecule has 1 rings (SSSR count). The van der Waals surface area contributed by atoms with Gasteiger partial charge in [-0.1, -0.05) is 17.7 Å². The summed E-state index contributed by atoms with van der Waals surface area (Å²) in [5.74, 6) is -0.472. The van der Waals surface area contributed by atoms with Crippen LogP contribution in [0.25, 0.3) is 0 Å². The molecule has 0 saturated carbocycles. The molecule has 1 aromatic carbocycles. The smallest absolute Gasteiger partial charge is 0.130 e. The lowest BCUT2D eigenvalue weighted by Crippen LogP contribution is -2.23. The summed E-state index contributed by atoms with van der Waals surface area (Å²) in [7, 11) is 1.62. The molecule has 0 amide bonds. The highest BCUT2D eigenvalue weighted by Gasteiger charge is 2.20. The van der Waals surface area contributed by atoms with Gasteiger partial charge in [-0.15, -0.1) is 0 Å². The highest BCUT2D eigenvalue weighted by molar-refractivity contribution is 6.30. The molecule has 1 aromatic rings. The van der Waals surface area contributed by atoms with E-state index in [9.17, 15) is 9.50 Å². The van der Waals surface area contributed by atoms with E-state index < -0.39 is 11.9 Å². The largest absolute Gasteiger partial charge is 0.388 e. The van der Waals surface area contributed by atoms with E-state index in [1.807, 2.05) is 13.8 Å². The molecule has 1 N–H and O–H groups in total. The van der Waals surface area contributed by atoms with Gasteiger partial charge in [-0.2, -0.15) is 0 Å². The SMILES string of the molecule is COC(C)(C)CCC(O)c1ccc(Cl)cc1F. The minimum absolute atomic E-state index is 0.279. The van der Waals surface area contributed by atoms with Crippen molar-refractivity contribution >= 4 is 11.6 Å². The van der Waals surface area contributed by atoms with E-state index in [0.29, 0.717) is 17.9 Å². The molecule has 0 aliphatic rings. The summed E-state index contributed by atoms with van der Waals surface area (Å²) in [6, 6.07) is 4.30. The Morgan fingerprint density at radius 3 is 2.65 bits per heavy atom. The number of aliphatic hydroxyl groups excluding tert-OH is 1. The van der Waals surface area contributed by atoms with E-state index in [0.717, 1.165) is 0 Å². The van der Waals surface area contributed by atoms with Crippen LogP contribution in [-0.4, -0.2) is 17.8 Å². The maximum atomic E-state index is 13.5. The molecular formula is C13H18ClFO2. The average molecular weight is 261 g/mol. The first-order valence-corrected chi connectivity index (χ1v) is 5.92. The molecule has 0 radical (unpaired) electrons. The number of ether oxygens (including phenoxy) is 1. The zero-order valence-corrected chi connectivity index (χ0v) is 11.1. The molecule has 96 valence electrons. The Kier molecular flexibility index (Phi) is 4.92. The van der Waals surface area contributed by atoms with Crippen LogP contribution in [0.3, 0.4) is 0 Å². The van der Waals surface area contributed by atoms with Gasteiger partial charge in [0.2, 0.25) is 0 Å². The van der Waals surface area contributed by atoms with E-state index in [1.165, 1.54) is 12.1 Å². The summed E-state index contributed by atoms with van der Waals surface area (Å²) in [6.45, 7) is 3.86. The van der Waals surface area contributed by atoms with E-state index in [-0.39, 0.29) is 11.2 Å². The van der Waals surface area contributed by atoms with E-state index in [4.69, 9.17) is 16.3 Å². The topological polar surface area (TPSA) is 29.5 Å². The molecule has 0 aliphatic carbocycles. The molecule has 0 spiro atoms. The van der Waals surface area contributed by atoms with Gasteiger partial charge in [0.15, 0.2) is 0 Å². The normalized spacial score (nSPS) is 13.8. The predicted molar refractivity (Wildman–Crippen MR) is 66.7 cm³/mol. The van der Waals surface area contributed by atoms with Crippen molar-refractivity contribution in [1.29, 1.82) is 0 Å². The second kappa shape index (κ2) is 5.80. The van der Waals surface area contributed by atoms with Gasteiger partial charge in [-0.05, 0) is 38.8 Å². The van der Waals surface area contributed by atoms with Crippen molar-refractivity contribution < 1.29 is 14.2 Å². The molecular weight excluding hydrogens is 243 g/mol. The van der Waals surface area contributed by atoms with Crippen LogP contribution >= 0.6 is 11.6 Å². The van der Waals surface area contributed by atoms with Crippen molar-refractivity contribution in [3.05, 3.63) is 34.6 Å². The van der Waals surface area contributed by atoms with Crippen LogP contribution in [0, 0.1) is 5.82 Å². The first-order chi connectivity index (χ1) is 7.85. The molecule has 0 bridgehead atoms. The Morgan fingerprint density at radius 1 is 1.47 bits per heavy atom. The number of benzene rings is 1. The fourth-order valence-electron chi connectivity index (χ4n) is 1.51. The van der Waals surface area contributed by atoms with Gasteiger partial charge >= 0.3 is 0 Å². The molecule has 1 atom stereocenters. The van der Waals surface area contributed by atoms with Crippen LogP contribution in [0.2, 0.25) is 5.02 Å². The second-order valence-electron chi connectivity index (χ2n) is 4.68. The van der Waals surface area contributed by atoms with Crippen molar-refractivity contribution in [3.8, 4) is 0 Å². The molecule has 2 nitrogen and oxygen atoms in total. The summed E-state index contributed by atoms with van der Waals surface area (Å²) >= 11 is 5.65. The average Bonchev–Trinajstić information content (AvgIpc) is 2.26. The van der Waals surface area contributed by atoms with E-state index in [2.05, 4.69) is 0 Å². The fraction of sp³-hybridized carbons (Fsp3) is 0.538. The van der Waals surface area contributed by atoms with Gasteiger partial charge in [-0.25, -0.2) is 4.39 Å². The number of hydrogen-bond acceptors (Lipinski definition) is 2. The molecule has 0 saturated heterocycles. The number of aliphatic hydroxyl groups is 1. The van der Waals surface area contributed by atoms with E-state index in [1.54, 1.807) is 13.2 Å². The lowest BCUT2D eigenvalue weighted by molar-refractivity contribution is 0.00248. The van der Waals surface area contributed by atoms with Crippen molar-refractivity contribution in [2.45, 2.75) is 38.4 Å². The first-order valence-electron chi connectivity index (χ1n) is 5.54. The summed E-state index contributed by atoms with van der Waals surface area (Å²) < 4.78 is 18.8. The predicted octanol–water partition coefficient (Wildman–Crippen LogP) is 3.72. The highest BCUT2D eigenvalue weighted by atomic mass is 35.5. The van der Waals surface area contributed by atoms with E-state index >= 15 is 0 Å². The molecule has 17 heavy (non-hydrogen) atoms. The van der Waals surface area contributed by atoms with Gasteiger partial charge < -0.3 is 9.84 Å². The maximum Gasteiger partial charge on any atom is 0.130 e. The zero-order valence-electron chi connectivity index (χ0n) is 10.3.